The number of piperidine rings is 1. The van der Waals surface area contributed by atoms with Crippen molar-refractivity contribution < 1.29 is 8.60 Å². The highest BCUT2D eigenvalue weighted by atomic mass is 32.2. The van der Waals surface area contributed by atoms with Crippen LogP contribution in [-0.2, 0) is 10.8 Å². The van der Waals surface area contributed by atoms with Gasteiger partial charge in [-0.3, -0.25) is 9.11 Å². The van der Waals surface area contributed by atoms with Crippen LogP contribution in [0.2, 0.25) is 0 Å². The lowest BCUT2D eigenvalue weighted by Gasteiger charge is -2.30. The van der Waals surface area contributed by atoms with Crippen molar-refractivity contribution in [2.24, 2.45) is 0 Å². The van der Waals surface area contributed by atoms with Gasteiger partial charge in [0, 0.05) is 16.7 Å². The van der Waals surface area contributed by atoms with Crippen molar-refractivity contribution in [3.63, 3.8) is 0 Å². The Morgan fingerprint density at radius 2 is 1.94 bits per heavy atom. The summed E-state index contributed by atoms with van der Waals surface area (Å²) in [5.41, 5.74) is 0. The number of benzene rings is 1. The molecule has 2 nitrogen and oxygen atoms in total. The van der Waals surface area contributed by atoms with Crippen LogP contribution in [0.15, 0.2) is 41.8 Å². The van der Waals surface area contributed by atoms with E-state index in [0.717, 1.165) is 37.4 Å². The van der Waals surface area contributed by atoms with Gasteiger partial charge in [0.15, 0.2) is 0 Å². The molecule has 0 aliphatic carbocycles. The first-order chi connectivity index (χ1) is 8.70. The van der Waals surface area contributed by atoms with E-state index in [9.17, 15) is 8.60 Å². The third-order valence-electron chi connectivity index (χ3n) is 3.27. The molecule has 18 heavy (non-hydrogen) atoms. The summed E-state index contributed by atoms with van der Waals surface area (Å²) in [6.07, 6.45) is 3.76. The Kier molecular flexibility index (Phi) is 4.66. The summed E-state index contributed by atoms with van der Waals surface area (Å²) in [6, 6.07) is 6.00. The van der Waals surface area contributed by atoms with E-state index < -0.39 is 10.8 Å². The maximum atomic E-state index is 12.8. The van der Waals surface area contributed by atoms with E-state index >= 15 is 0 Å². The summed E-state index contributed by atoms with van der Waals surface area (Å²) >= 11 is 0. The lowest BCUT2D eigenvalue weighted by Crippen LogP contribution is -2.37. The zero-order valence-electron chi connectivity index (χ0n) is 10.3. The van der Waals surface area contributed by atoms with Crippen LogP contribution in [0, 0.1) is 5.82 Å². The number of hydrogen-bond donors (Lipinski definition) is 0. The standard InChI is InChI=1S/C14H18FNOS/c1-2-9-16-10-7-14(8-11-16)18(17)13-5-3-12(15)4-6-13/h2-6,14H,1,7-11H2. The predicted octanol–water partition coefficient (Wildman–Crippen LogP) is 2.58. The quantitative estimate of drug-likeness (QED) is 0.782. The SMILES string of the molecule is C=CCN1CCC(S(=O)c2ccc(F)cc2)CC1. The fourth-order valence-electron chi connectivity index (χ4n) is 2.25. The van der Waals surface area contributed by atoms with E-state index in [1.807, 2.05) is 6.08 Å². The Morgan fingerprint density at radius 3 is 2.50 bits per heavy atom. The zero-order valence-corrected chi connectivity index (χ0v) is 11.2. The van der Waals surface area contributed by atoms with Gasteiger partial charge in [-0.05, 0) is 50.2 Å². The van der Waals surface area contributed by atoms with Crippen molar-refractivity contribution in [2.75, 3.05) is 19.6 Å². The number of nitrogens with zero attached hydrogens (tertiary/aromatic N) is 1. The Balaban J connectivity index is 1.95. The average molecular weight is 267 g/mol. The second-order valence-corrected chi connectivity index (χ2v) is 6.27. The highest BCUT2D eigenvalue weighted by Gasteiger charge is 2.24. The molecule has 0 N–H and O–H groups in total. The number of rotatable bonds is 4. The fraction of sp³-hybridized carbons (Fsp3) is 0.429. The first kappa shape index (κ1) is 13.4. The maximum absolute atomic E-state index is 12.8. The van der Waals surface area contributed by atoms with Gasteiger partial charge in [0.05, 0.1) is 10.8 Å². The molecule has 2 rings (SSSR count). The zero-order chi connectivity index (χ0) is 13.0. The minimum Gasteiger partial charge on any atom is -0.300 e. The van der Waals surface area contributed by atoms with E-state index in [2.05, 4.69) is 11.5 Å². The molecule has 0 radical (unpaired) electrons. The van der Waals surface area contributed by atoms with Crippen LogP contribution in [-0.4, -0.2) is 34.0 Å². The molecule has 1 aliphatic rings. The first-order valence-corrected chi connectivity index (χ1v) is 7.41. The van der Waals surface area contributed by atoms with Crippen LogP contribution in [0.25, 0.3) is 0 Å². The van der Waals surface area contributed by atoms with Gasteiger partial charge in [0.25, 0.3) is 0 Å². The molecule has 1 heterocycles. The Labute approximate surface area is 110 Å². The lowest BCUT2D eigenvalue weighted by molar-refractivity contribution is 0.254. The van der Waals surface area contributed by atoms with Gasteiger partial charge in [-0.1, -0.05) is 6.08 Å². The van der Waals surface area contributed by atoms with Crippen LogP contribution >= 0.6 is 0 Å². The van der Waals surface area contributed by atoms with E-state index in [1.54, 1.807) is 12.1 Å². The van der Waals surface area contributed by atoms with Crippen molar-refractivity contribution in [2.45, 2.75) is 23.0 Å². The minimum absolute atomic E-state index is 0.191. The molecule has 1 aliphatic heterocycles. The molecular weight excluding hydrogens is 249 g/mol. The Morgan fingerprint density at radius 1 is 1.33 bits per heavy atom. The maximum Gasteiger partial charge on any atom is 0.123 e. The second kappa shape index (κ2) is 6.25. The average Bonchev–Trinajstić information content (AvgIpc) is 2.40. The summed E-state index contributed by atoms with van der Waals surface area (Å²) in [5, 5.41) is 0.191. The lowest BCUT2D eigenvalue weighted by atomic mass is 10.1. The van der Waals surface area contributed by atoms with Gasteiger partial charge in [0.2, 0.25) is 0 Å². The van der Waals surface area contributed by atoms with Crippen molar-refractivity contribution in [3.8, 4) is 0 Å². The summed E-state index contributed by atoms with van der Waals surface area (Å²) in [7, 11) is -1.02. The summed E-state index contributed by atoms with van der Waals surface area (Å²) in [5.74, 6) is -0.281. The highest BCUT2D eigenvalue weighted by Crippen LogP contribution is 2.21. The number of hydrogen-bond acceptors (Lipinski definition) is 2. The molecule has 98 valence electrons. The molecule has 1 aromatic carbocycles. The van der Waals surface area contributed by atoms with Gasteiger partial charge in [0.1, 0.15) is 5.82 Å². The molecule has 1 saturated heterocycles. The highest BCUT2D eigenvalue weighted by molar-refractivity contribution is 7.85. The third kappa shape index (κ3) is 3.27. The van der Waals surface area contributed by atoms with Crippen LogP contribution in [0.5, 0.6) is 0 Å². The molecule has 0 spiro atoms. The van der Waals surface area contributed by atoms with Gasteiger partial charge in [-0.15, -0.1) is 6.58 Å². The molecule has 0 bridgehead atoms. The van der Waals surface area contributed by atoms with Crippen molar-refractivity contribution in [3.05, 3.63) is 42.7 Å². The molecular formula is C14H18FNOS. The summed E-state index contributed by atoms with van der Waals surface area (Å²) in [6.45, 7) is 6.55. The van der Waals surface area contributed by atoms with Crippen molar-refractivity contribution in [1.29, 1.82) is 0 Å². The smallest absolute Gasteiger partial charge is 0.123 e. The predicted molar refractivity (Wildman–Crippen MR) is 72.5 cm³/mol. The topological polar surface area (TPSA) is 20.3 Å². The number of likely N-dealkylation sites (tertiary alicyclic amines) is 1. The molecule has 4 heteroatoms. The van der Waals surface area contributed by atoms with Crippen molar-refractivity contribution in [1.82, 2.24) is 4.90 Å². The van der Waals surface area contributed by atoms with Gasteiger partial charge in [-0.25, -0.2) is 4.39 Å². The number of halogens is 1. The van der Waals surface area contributed by atoms with Crippen molar-refractivity contribution >= 4 is 10.8 Å². The molecule has 1 fully saturated rings. The Hall–Kier alpha value is -1.00. The van der Waals surface area contributed by atoms with Gasteiger partial charge in [-0.2, -0.15) is 0 Å². The molecule has 0 aromatic heterocycles. The Bertz CT molecular complexity index is 424. The van der Waals surface area contributed by atoms with E-state index in [0.29, 0.717) is 0 Å². The van der Waals surface area contributed by atoms with E-state index in [1.165, 1.54) is 12.1 Å². The van der Waals surface area contributed by atoms with E-state index in [4.69, 9.17) is 0 Å². The molecule has 0 amide bonds. The van der Waals surface area contributed by atoms with Gasteiger partial charge < -0.3 is 0 Å². The van der Waals surface area contributed by atoms with Crippen LogP contribution < -0.4 is 0 Å². The van der Waals surface area contributed by atoms with Crippen LogP contribution in [0.4, 0.5) is 4.39 Å². The third-order valence-corrected chi connectivity index (χ3v) is 5.08. The molecule has 1 aromatic rings. The first-order valence-electron chi connectivity index (χ1n) is 6.20. The molecule has 0 saturated carbocycles. The molecule has 1 atom stereocenters. The minimum atomic E-state index is -1.02. The second-order valence-electron chi connectivity index (χ2n) is 4.54. The van der Waals surface area contributed by atoms with Gasteiger partial charge >= 0.3 is 0 Å². The molecule has 1 unspecified atom stereocenters. The fourth-order valence-corrected chi connectivity index (χ4v) is 3.68. The summed E-state index contributed by atoms with van der Waals surface area (Å²) in [4.78, 5) is 3.05. The largest absolute Gasteiger partial charge is 0.300 e. The normalized spacial score (nSPS) is 19.6. The summed E-state index contributed by atoms with van der Waals surface area (Å²) < 4.78 is 25.1. The van der Waals surface area contributed by atoms with Crippen LogP contribution in [0.1, 0.15) is 12.8 Å². The monoisotopic (exact) mass is 267 g/mol. The van der Waals surface area contributed by atoms with Crippen LogP contribution in [0.3, 0.4) is 0 Å². The van der Waals surface area contributed by atoms with E-state index in [-0.39, 0.29) is 11.1 Å².